The highest BCUT2D eigenvalue weighted by molar-refractivity contribution is 8.26. The van der Waals surface area contributed by atoms with Gasteiger partial charge in [-0.15, -0.1) is 0 Å². The lowest BCUT2D eigenvalue weighted by Crippen LogP contribution is -2.29. The first kappa shape index (κ1) is 20.8. The number of hydrogen-bond donors (Lipinski definition) is 2. The molecule has 2 N–H and O–H groups in total. The number of carbonyl (C=O) groups excluding carboxylic acids is 2. The van der Waals surface area contributed by atoms with Gasteiger partial charge in [-0.2, -0.15) is 0 Å². The standard InChI is InChI=1S/C21H18N2O4S2/c24-18(22-16-10-5-4-9-15(16)20(26)27)11-6-12-23-19(25)17(29-21(23)28)13-14-7-2-1-3-8-14/h1-5,7-10,13H,6,11-12H2,(H,22,24)(H,26,27)/b17-13+. The molecule has 1 aliphatic rings. The molecule has 3 rings (SSSR count). The van der Waals surface area contributed by atoms with Crippen LogP contribution in [0.2, 0.25) is 0 Å². The lowest BCUT2D eigenvalue weighted by Gasteiger charge is -2.14. The van der Waals surface area contributed by atoms with Gasteiger partial charge in [0.2, 0.25) is 5.91 Å². The Hall–Kier alpha value is -2.97. The third kappa shape index (κ3) is 5.30. The number of carbonyl (C=O) groups is 3. The smallest absolute Gasteiger partial charge is 0.337 e. The van der Waals surface area contributed by atoms with E-state index >= 15 is 0 Å². The molecular weight excluding hydrogens is 408 g/mol. The molecule has 6 nitrogen and oxygen atoms in total. The van der Waals surface area contributed by atoms with Gasteiger partial charge in [0.05, 0.1) is 16.2 Å². The van der Waals surface area contributed by atoms with Crippen LogP contribution in [0.4, 0.5) is 5.69 Å². The van der Waals surface area contributed by atoms with Crippen LogP contribution >= 0.6 is 24.0 Å². The number of nitrogens with one attached hydrogen (secondary N) is 1. The molecule has 2 amide bonds. The van der Waals surface area contributed by atoms with E-state index in [-0.39, 0.29) is 29.5 Å². The molecule has 2 aromatic carbocycles. The quantitative estimate of drug-likeness (QED) is 0.514. The predicted molar refractivity (Wildman–Crippen MR) is 118 cm³/mol. The van der Waals surface area contributed by atoms with Gasteiger partial charge in [0, 0.05) is 13.0 Å². The van der Waals surface area contributed by atoms with E-state index in [9.17, 15) is 14.4 Å². The van der Waals surface area contributed by atoms with Crippen molar-refractivity contribution in [2.45, 2.75) is 12.8 Å². The zero-order chi connectivity index (χ0) is 20.8. The number of thiocarbonyl (C=S) groups is 1. The maximum absolute atomic E-state index is 12.6. The molecule has 0 bridgehead atoms. The van der Waals surface area contributed by atoms with Crippen molar-refractivity contribution < 1.29 is 19.5 Å². The summed E-state index contributed by atoms with van der Waals surface area (Å²) in [6.45, 7) is 0.324. The van der Waals surface area contributed by atoms with Gasteiger partial charge in [0.1, 0.15) is 4.32 Å². The van der Waals surface area contributed by atoms with Gasteiger partial charge in [0.15, 0.2) is 0 Å². The minimum Gasteiger partial charge on any atom is -0.478 e. The summed E-state index contributed by atoms with van der Waals surface area (Å²) < 4.78 is 0.466. The number of thioether (sulfide) groups is 1. The van der Waals surface area contributed by atoms with Gasteiger partial charge in [-0.3, -0.25) is 14.5 Å². The molecule has 148 valence electrons. The second kappa shape index (κ2) is 9.49. The van der Waals surface area contributed by atoms with Gasteiger partial charge >= 0.3 is 5.97 Å². The Morgan fingerprint density at radius 3 is 2.52 bits per heavy atom. The van der Waals surface area contributed by atoms with E-state index in [1.807, 2.05) is 30.3 Å². The maximum atomic E-state index is 12.6. The van der Waals surface area contributed by atoms with Crippen molar-refractivity contribution in [3.8, 4) is 0 Å². The Balaban J connectivity index is 1.55. The average Bonchev–Trinajstić information content (AvgIpc) is 2.96. The molecule has 2 aromatic rings. The Morgan fingerprint density at radius 2 is 1.79 bits per heavy atom. The molecule has 0 aromatic heterocycles. The van der Waals surface area contributed by atoms with Gasteiger partial charge < -0.3 is 10.4 Å². The summed E-state index contributed by atoms with van der Waals surface area (Å²) in [6.07, 6.45) is 2.35. The molecule has 0 radical (unpaired) electrons. The highest BCUT2D eigenvalue weighted by Crippen LogP contribution is 2.32. The second-order valence-corrected chi connectivity index (χ2v) is 7.92. The van der Waals surface area contributed by atoms with Crippen LogP contribution in [0.15, 0.2) is 59.5 Å². The molecule has 8 heteroatoms. The largest absolute Gasteiger partial charge is 0.478 e. The SMILES string of the molecule is O=C(CCCN1C(=O)/C(=C\c2ccccc2)SC1=S)Nc1ccccc1C(=O)O. The molecule has 1 fully saturated rings. The molecule has 1 saturated heterocycles. The Bertz CT molecular complexity index is 989. The summed E-state index contributed by atoms with van der Waals surface area (Å²) in [5.41, 5.74) is 1.20. The van der Waals surface area contributed by atoms with E-state index in [2.05, 4.69) is 5.32 Å². The summed E-state index contributed by atoms with van der Waals surface area (Å²) in [5, 5.41) is 11.8. The van der Waals surface area contributed by atoms with E-state index in [0.717, 1.165) is 5.56 Å². The van der Waals surface area contributed by atoms with Crippen molar-refractivity contribution in [2.75, 3.05) is 11.9 Å². The van der Waals surface area contributed by atoms with E-state index in [1.54, 1.807) is 18.2 Å². The Kier molecular flexibility index (Phi) is 6.79. The Morgan fingerprint density at radius 1 is 1.10 bits per heavy atom. The molecule has 0 unspecified atom stereocenters. The van der Waals surface area contributed by atoms with E-state index in [1.165, 1.54) is 28.8 Å². The number of aromatic carboxylic acids is 1. The molecule has 1 heterocycles. The molecule has 1 aliphatic heterocycles. The van der Waals surface area contributed by atoms with Crippen molar-refractivity contribution in [1.82, 2.24) is 4.90 Å². The van der Waals surface area contributed by atoms with Crippen LogP contribution in [0, 0.1) is 0 Å². The summed E-state index contributed by atoms with van der Waals surface area (Å²) in [4.78, 5) is 38.0. The molecule has 0 aliphatic carbocycles. The molecule has 0 saturated carbocycles. The lowest BCUT2D eigenvalue weighted by molar-refractivity contribution is -0.122. The van der Waals surface area contributed by atoms with Crippen molar-refractivity contribution in [2.24, 2.45) is 0 Å². The first-order valence-electron chi connectivity index (χ1n) is 8.88. The zero-order valence-electron chi connectivity index (χ0n) is 15.3. The topological polar surface area (TPSA) is 86.7 Å². The Labute approximate surface area is 177 Å². The maximum Gasteiger partial charge on any atom is 0.337 e. The highest BCUT2D eigenvalue weighted by Gasteiger charge is 2.31. The lowest BCUT2D eigenvalue weighted by atomic mass is 10.1. The van der Waals surface area contributed by atoms with Crippen LogP contribution in [-0.4, -0.2) is 38.7 Å². The predicted octanol–water partition coefficient (Wildman–Crippen LogP) is 4.00. The minimum atomic E-state index is -1.11. The number of carboxylic acids is 1. The first-order chi connectivity index (χ1) is 14.0. The van der Waals surface area contributed by atoms with E-state index in [0.29, 0.717) is 22.2 Å². The molecule has 29 heavy (non-hydrogen) atoms. The summed E-state index contributed by atoms with van der Waals surface area (Å²) in [7, 11) is 0. The summed E-state index contributed by atoms with van der Waals surface area (Å²) in [5.74, 6) is -1.59. The van der Waals surface area contributed by atoms with Crippen LogP contribution in [0.3, 0.4) is 0 Å². The average molecular weight is 427 g/mol. The third-order valence-corrected chi connectivity index (χ3v) is 5.57. The van der Waals surface area contributed by atoms with Crippen LogP contribution in [0.25, 0.3) is 6.08 Å². The number of rotatable bonds is 7. The van der Waals surface area contributed by atoms with Gasteiger partial charge in [0.25, 0.3) is 5.91 Å². The van der Waals surface area contributed by atoms with Crippen LogP contribution in [0.5, 0.6) is 0 Å². The van der Waals surface area contributed by atoms with Gasteiger partial charge in [-0.1, -0.05) is 66.4 Å². The monoisotopic (exact) mass is 426 g/mol. The van der Waals surface area contributed by atoms with Crippen molar-refractivity contribution >= 4 is 57.8 Å². The van der Waals surface area contributed by atoms with Crippen molar-refractivity contribution in [3.63, 3.8) is 0 Å². The molecular formula is C21H18N2O4S2. The van der Waals surface area contributed by atoms with Gasteiger partial charge in [-0.25, -0.2) is 4.79 Å². The van der Waals surface area contributed by atoms with Crippen LogP contribution in [-0.2, 0) is 9.59 Å². The first-order valence-corrected chi connectivity index (χ1v) is 10.1. The van der Waals surface area contributed by atoms with Crippen molar-refractivity contribution in [3.05, 3.63) is 70.6 Å². The highest BCUT2D eigenvalue weighted by atomic mass is 32.2. The number of benzene rings is 2. The summed E-state index contributed by atoms with van der Waals surface area (Å²) in [6, 6.07) is 15.7. The third-order valence-electron chi connectivity index (χ3n) is 4.19. The number of amides is 2. The number of nitrogens with zero attached hydrogens (tertiary/aromatic N) is 1. The number of anilines is 1. The van der Waals surface area contributed by atoms with Gasteiger partial charge in [-0.05, 0) is 30.2 Å². The van der Waals surface area contributed by atoms with Crippen LogP contribution in [0.1, 0.15) is 28.8 Å². The number of hydrogen-bond acceptors (Lipinski definition) is 5. The van der Waals surface area contributed by atoms with E-state index < -0.39 is 5.97 Å². The van der Waals surface area contributed by atoms with E-state index in [4.69, 9.17) is 17.3 Å². The molecule has 0 atom stereocenters. The number of carboxylic acid groups (broad SMARTS) is 1. The fraction of sp³-hybridized carbons (Fsp3) is 0.143. The fourth-order valence-corrected chi connectivity index (χ4v) is 4.09. The molecule has 0 spiro atoms. The fourth-order valence-electron chi connectivity index (χ4n) is 2.78. The van der Waals surface area contributed by atoms with Crippen molar-refractivity contribution in [1.29, 1.82) is 0 Å². The zero-order valence-corrected chi connectivity index (χ0v) is 17.0. The summed E-state index contributed by atoms with van der Waals surface area (Å²) >= 11 is 6.55. The van der Waals surface area contributed by atoms with Crippen LogP contribution < -0.4 is 5.32 Å². The normalized spacial score (nSPS) is 15.0. The minimum absolute atomic E-state index is 0.0313. The second-order valence-electron chi connectivity index (χ2n) is 6.25. The number of para-hydroxylation sites is 1.